The van der Waals surface area contributed by atoms with E-state index >= 15 is 0 Å². The highest BCUT2D eigenvalue weighted by atomic mass is 15.1. The molecule has 21 heavy (non-hydrogen) atoms. The van der Waals surface area contributed by atoms with Crippen LogP contribution in [-0.4, -0.2) is 11.4 Å². The zero-order chi connectivity index (χ0) is 15.1. The van der Waals surface area contributed by atoms with E-state index in [0.29, 0.717) is 0 Å². The largest absolute Gasteiger partial charge is 0.295 e. The quantitative estimate of drug-likeness (QED) is 0.702. The van der Waals surface area contributed by atoms with Crippen molar-refractivity contribution in [2.24, 2.45) is 0 Å². The summed E-state index contributed by atoms with van der Waals surface area (Å²) in [5.41, 5.74) is 5.63. The molecule has 0 bridgehead atoms. The van der Waals surface area contributed by atoms with Gasteiger partial charge in [-0.05, 0) is 41.6 Å². The van der Waals surface area contributed by atoms with Gasteiger partial charge in [0.25, 0.3) is 0 Å². The van der Waals surface area contributed by atoms with Gasteiger partial charge in [-0.15, -0.1) is 0 Å². The third kappa shape index (κ3) is 4.71. The van der Waals surface area contributed by atoms with E-state index in [2.05, 4.69) is 74.2 Å². The van der Waals surface area contributed by atoms with Gasteiger partial charge in [-0.1, -0.05) is 69.3 Å². The van der Waals surface area contributed by atoms with E-state index in [1.165, 1.54) is 22.3 Å². The number of hydrogen-bond acceptors (Lipinski definition) is 1. The van der Waals surface area contributed by atoms with Crippen molar-refractivity contribution in [2.75, 3.05) is 6.54 Å². The van der Waals surface area contributed by atoms with E-state index in [1.807, 2.05) is 0 Å². The summed E-state index contributed by atoms with van der Waals surface area (Å²) in [5.74, 6) is 0. The van der Waals surface area contributed by atoms with Gasteiger partial charge in [-0.2, -0.15) is 0 Å². The molecule has 0 aromatic heterocycles. The first-order chi connectivity index (χ1) is 10.2. The fourth-order valence-electron chi connectivity index (χ4n) is 2.56. The van der Waals surface area contributed by atoms with E-state index < -0.39 is 0 Å². The maximum absolute atomic E-state index is 2.49. The molecule has 0 unspecified atom stereocenters. The summed E-state index contributed by atoms with van der Waals surface area (Å²) in [7, 11) is 0. The third-order valence-electron chi connectivity index (χ3n) is 4.12. The van der Waals surface area contributed by atoms with Gasteiger partial charge in [-0.3, -0.25) is 4.90 Å². The van der Waals surface area contributed by atoms with Crippen LogP contribution in [0.4, 0.5) is 0 Å². The molecule has 0 N–H and O–H groups in total. The Kier molecular flexibility index (Phi) is 6.01. The maximum atomic E-state index is 2.49. The highest BCUT2D eigenvalue weighted by molar-refractivity contribution is 5.24. The van der Waals surface area contributed by atoms with Gasteiger partial charge in [0.1, 0.15) is 0 Å². The van der Waals surface area contributed by atoms with Gasteiger partial charge in [0.15, 0.2) is 0 Å². The highest BCUT2D eigenvalue weighted by Gasteiger charge is 2.05. The summed E-state index contributed by atoms with van der Waals surface area (Å²) in [6.07, 6.45) is 2.23. The second kappa shape index (κ2) is 7.99. The van der Waals surface area contributed by atoms with Crippen molar-refractivity contribution in [3.05, 3.63) is 70.8 Å². The van der Waals surface area contributed by atoms with Crippen molar-refractivity contribution in [3.63, 3.8) is 0 Å². The lowest BCUT2D eigenvalue weighted by atomic mass is 10.1. The Morgan fingerprint density at radius 1 is 0.571 bits per heavy atom. The van der Waals surface area contributed by atoms with Gasteiger partial charge in [0, 0.05) is 13.1 Å². The van der Waals surface area contributed by atoms with Crippen LogP contribution in [0, 0.1) is 0 Å². The van der Waals surface area contributed by atoms with Gasteiger partial charge in [0.05, 0.1) is 0 Å². The molecular weight excluding hydrogens is 254 g/mol. The molecule has 0 amide bonds. The van der Waals surface area contributed by atoms with Crippen LogP contribution in [0.1, 0.15) is 43.0 Å². The van der Waals surface area contributed by atoms with E-state index in [-0.39, 0.29) is 0 Å². The van der Waals surface area contributed by atoms with Crippen molar-refractivity contribution >= 4 is 0 Å². The number of benzene rings is 2. The molecule has 0 aliphatic heterocycles. The topological polar surface area (TPSA) is 3.24 Å². The first-order valence-electron chi connectivity index (χ1n) is 8.13. The third-order valence-corrected chi connectivity index (χ3v) is 4.12. The maximum Gasteiger partial charge on any atom is 0.0237 e. The predicted octanol–water partition coefficient (Wildman–Crippen LogP) is 4.83. The van der Waals surface area contributed by atoms with Crippen LogP contribution in [0.5, 0.6) is 0 Å². The minimum atomic E-state index is 1.02. The normalized spacial score (nSPS) is 11.0. The summed E-state index contributed by atoms with van der Waals surface area (Å²) in [5, 5.41) is 0. The second-order valence-corrected chi connectivity index (χ2v) is 5.64. The molecule has 0 aliphatic carbocycles. The minimum absolute atomic E-state index is 1.02. The molecule has 2 rings (SSSR count). The first kappa shape index (κ1) is 15.8. The zero-order valence-electron chi connectivity index (χ0n) is 13.6. The molecule has 0 saturated carbocycles. The molecule has 0 atom stereocenters. The Balaban J connectivity index is 1.98. The number of rotatable bonds is 7. The zero-order valence-corrected chi connectivity index (χ0v) is 13.6. The van der Waals surface area contributed by atoms with E-state index in [4.69, 9.17) is 0 Å². The van der Waals surface area contributed by atoms with Crippen LogP contribution in [0.25, 0.3) is 0 Å². The van der Waals surface area contributed by atoms with Crippen LogP contribution < -0.4 is 0 Å². The van der Waals surface area contributed by atoms with Gasteiger partial charge >= 0.3 is 0 Å². The molecular formula is C20H27N. The van der Waals surface area contributed by atoms with E-state index in [0.717, 1.165) is 32.5 Å². The highest BCUT2D eigenvalue weighted by Crippen LogP contribution is 2.12. The number of nitrogens with zero attached hydrogens (tertiary/aromatic N) is 1. The summed E-state index contributed by atoms with van der Waals surface area (Å²) < 4.78 is 0. The van der Waals surface area contributed by atoms with Gasteiger partial charge < -0.3 is 0 Å². The van der Waals surface area contributed by atoms with Crippen molar-refractivity contribution in [3.8, 4) is 0 Å². The lowest BCUT2D eigenvalue weighted by Gasteiger charge is -2.21. The Bertz CT molecular complexity index is 475. The Hall–Kier alpha value is -1.60. The average Bonchev–Trinajstić information content (AvgIpc) is 2.55. The second-order valence-electron chi connectivity index (χ2n) is 5.64. The SMILES string of the molecule is CCc1ccc(CN(CC)Cc2ccc(CC)cc2)cc1. The molecule has 1 nitrogen and oxygen atoms in total. The lowest BCUT2D eigenvalue weighted by Crippen LogP contribution is -2.22. The standard InChI is InChI=1S/C20H27N/c1-4-17-7-11-19(12-8-17)15-21(6-3)16-20-13-9-18(5-2)10-14-20/h7-14H,4-6,15-16H2,1-3H3. The van der Waals surface area contributed by atoms with E-state index in [1.54, 1.807) is 0 Å². The Morgan fingerprint density at radius 2 is 0.905 bits per heavy atom. The summed E-state index contributed by atoms with van der Waals surface area (Å²) in [4.78, 5) is 2.49. The van der Waals surface area contributed by atoms with Crippen LogP contribution in [0.3, 0.4) is 0 Å². The van der Waals surface area contributed by atoms with E-state index in [9.17, 15) is 0 Å². The van der Waals surface area contributed by atoms with Crippen LogP contribution in [-0.2, 0) is 25.9 Å². The molecule has 0 heterocycles. The molecule has 112 valence electrons. The number of hydrogen-bond donors (Lipinski definition) is 0. The summed E-state index contributed by atoms with van der Waals surface area (Å²) >= 11 is 0. The molecule has 0 aliphatic rings. The molecule has 0 fully saturated rings. The molecule has 2 aromatic carbocycles. The van der Waals surface area contributed by atoms with Crippen LogP contribution >= 0.6 is 0 Å². The van der Waals surface area contributed by atoms with Crippen LogP contribution in [0.15, 0.2) is 48.5 Å². The number of aryl methyl sites for hydroxylation is 2. The molecule has 0 spiro atoms. The summed E-state index contributed by atoms with van der Waals surface area (Å²) in [6, 6.07) is 18.1. The predicted molar refractivity (Wildman–Crippen MR) is 91.4 cm³/mol. The molecule has 1 heteroatoms. The molecule has 0 radical (unpaired) electrons. The monoisotopic (exact) mass is 281 g/mol. The molecule has 2 aromatic rings. The van der Waals surface area contributed by atoms with Gasteiger partial charge in [0.2, 0.25) is 0 Å². The van der Waals surface area contributed by atoms with Crippen molar-refractivity contribution < 1.29 is 0 Å². The first-order valence-corrected chi connectivity index (χ1v) is 8.13. The Labute approximate surface area is 129 Å². The summed E-state index contributed by atoms with van der Waals surface area (Å²) in [6.45, 7) is 9.76. The van der Waals surface area contributed by atoms with Crippen LogP contribution in [0.2, 0.25) is 0 Å². The Morgan fingerprint density at radius 3 is 1.19 bits per heavy atom. The fraction of sp³-hybridized carbons (Fsp3) is 0.400. The van der Waals surface area contributed by atoms with Crippen molar-refractivity contribution in [1.82, 2.24) is 4.90 Å². The smallest absolute Gasteiger partial charge is 0.0237 e. The van der Waals surface area contributed by atoms with Crippen molar-refractivity contribution in [1.29, 1.82) is 0 Å². The average molecular weight is 281 g/mol. The minimum Gasteiger partial charge on any atom is -0.295 e. The molecule has 0 saturated heterocycles. The van der Waals surface area contributed by atoms with Crippen molar-refractivity contribution in [2.45, 2.75) is 46.7 Å². The lowest BCUT2D eigenvalue weighted by molar-refractivity contribution is 0.271. The fourth-order valence-corrected chi connectivity index (χ4v) is 2.56. The van der Waals surface area contributed by atoms with Gasteiger partial charge in [-0.25, -0.2) is 0 Å².